The third kappa shape index (κ3) is 13.0. The number of fused-ring (bicyclic) bond motifs is 3. The molecule has 4 aromatic carbocycles. The van der Waals surface area contributed by atoms with Crippen molar-refractivity contribution in [3.8, 4) is 5.75 Å². The number of hydrogen-bond acceptors (Lipinski definition) is 8. The zero-order chi connectivity index (χ0) is 47.4. The van der Waals surface area contributed by atoms with E-state index in [1.165, 1.54) is 6.92 Å². The molecule has 1 fully saturated rings. The third-order valence-electron chi connectivity index (χ3n) is 11.5. The number of nitrogens with zero attached hydrogens (tertiary/aromatic N) is 2. The molecule has 7 N–H and O–H groups in total. The Morgan fingerprint density at radius 2 is 1.44 bits per heavy atom. The lowest BCUT2D eigenvalue weighted by molar-refractivity contribution is -0.192. The van der Waals surface area contributed by atoms with E-state index in [0.29, 0.717) is 35.1 Å². The second kappa shape index (κ2) is 22.1. The summed E-state index contributed by atoms with van der Waals surface area (Å²) in [6, 6.07) is 27.0. The molecule has 18 heteroatoms. The Labute approximate surface area is 378 Å². The van der Waals surface area contributed by atoms with E-state index in [9.17, 15) is 42.3 Å². The molecule has 1 saturated heterocycles. The summed E-state index contributed by atoms with van der Waals surface area (Å²) in [6.07, 6.45) is 1.78. The van der Waals surface area contributed by atoms with Crippen LogP contribution in [0.1, 0.15) is 60.5 Å². The standard InChI is InChI=1S/C46H51N7O6.C2HF3O2/c1-30(54)49-40(27-33-28-48-37-13-4-2-11-35(33)37)46(59)51-39(26-32-17-19-34(55)20-18-32)45(58)47-23-9-8-10-31-21-24-52(25-22-31)29-43(56)53-41-15-6-3-12-36(41)44(57)50-38-14-5-7-16-42(38)53;3-2(4,5)1(6)7/h2-7,11-20,28,31,39-40,48,55H,8-10,21-27,29H2,1H3,(H,47,58)(H,49,54)(H,50,57)(H,51,59);(H,6,7)/t39-,40-;/m0./s1. The van der Waals surface area contributed by atoms with Gasteiger partial charge >= 0.3 is 12.1 Å². The van der Waals surface area contributed by atoms with Gasteiger partial charge in [0.05, 0.1) is 29.2 Å². The van der Waals surface area contributed by atoms with E-state index in [-0.39, 0.29) is 48.8 Å². The van der Waals surface area contributed by atoms with Crippen molar-refractivity contribution in [1.29, 1.82) is 0 Å². The normalized spacial score (nSPS) is 14.8. The highest BCUT2D eigenvalue weighted by Crippen LogP contribution is 2.38. The summed E-state index contributed by atoms with van der Waals surface area (Å²) in [6.45, 7) is 3.62. The number of aromatic hydroxyl groups is 1. The SMILES string of the molecule is CC(=O)N[C@@H](Cc1c[nH]c2ccccc12)C(=O)N[C@@H](Cc1ccc(O)cc1)C(=O)NCCCCC1CCN(CC(=O)N2c3ccccc3NC(=O)c3ccccc32)CC1.O=C(O)C(F)(F)F. The molecule has 7 rings (SSSR count). The molecule has 3 heterocycles. The quantitative estimate of drug-likeness (QED) is 0.0594. The second-order valence-corrected chi connectivity index (χ2v) is 16.3. The number of phenols is 1. The number of rotatable bonds is 15. The zero-order valence-electron chi connectivity index (χ0n) is 36.2. The molecule has 0 unspecified atom stereocenters. The van der Waals surface area contributed by atoms with Crippen molar-refractivity contribution >= 4 is 63.5 Å². The largest absolute Gasteiger partial charge is 0.508 e. The van der Waals surface area contributed by atoms with Gasteiger partial charge in [-0.1, -0.05) is 67.4 Å². The number of nitrogens with one attached hydrogen (secondary N) is 5. The van der Waals surface area contributed by atoms with Gasteiger partial charge in [-0.2, -0.15) is 13.2 Å². The topological polar surface area (TPSA) is 213 Å². The number of carboxylic acid groups (broad SMARTS) is 1. The van der Waals surface area contributed by atoms with Crippen LogP contribution in [-0.2, 0) is 36.8 Å². The molecule has 5 amide bonds. The van der Waals surface area contributed by atoms with Crippen LogP contribution < -0.4 is 26.2 Å². The Morgan fingerprint density at radius 1 is 0.803 bits per heavy atom. The first-order valence-corrected chi connectivity index (χ1v) is 21.6. The number of hydrogen-bond donors (Lipinski definition) is 7. The molecule has 1 aromatic heterocycles. The van der Waals surface area contributed by atoms with Crippen molar-refractivity contribution in [3.05, 3.63) is 120 Å². The van der Waals surface area contributed by atoms with Crippen LogP contribution in [0.5, 0.6) is 5.75 Å². The van der Waals surface area contributed by atoms with Crippen LogP contribution in [-0.4, -0.2) is 100 Å². The molecule has 0 radical (unpaired) electrons. The number of carbonyl (C=O) groups excluding carboxylic acids is 5. The number of H-pyrrole nitrogens is 1. The molecular weight excluding hydrogens is 860 g/mol. The minimum absolute atomic E-state index is 0.0876. The molecule has 348 valence electrons. The number of para-hydroxylation sites is 4. The fourth-order valence-electron chi connectivity index (χ4n) is 8.14. The van der Waals surface area contributed by atoms with E-state index < -0.39 is 30.1 Å². The first kappa shape index (κ1) is 48.3. The highest BCUT2D eigenvalue weighted by atomic mass is 19.4. The number of carboxylic acids is 1. The molecule has 2 aliphatic rings. The molecule has 66 heavy (non-hydrogen) atoms. The monoisotopic (exact) mass is 911 g/mol. The van der Waals surface area contributed by atoms with Crippen molar-refractivity contribution in [2.24, 2.45) is 5.92 Å². The molecule has 15 nitrogen and oxygen atoms in total. The maximum absolute atomic E-state index is 13.9. The summed E-state index contributed by atoms with van der Waals surface area (Å²) >= 11 is 0. The molecule has 0 spiro atoms. The van der Waals surface area contributed by atoms with Crippen LogP contribution in [0.3, 0.4) is 0 Å². The predicted octanol–water partition coefficient (Wildman–Crippen LogP) is 6.21. The van der Waals surface area contributed by atoms with Gasteiger partial charge < -0.3 is 36.5 Å². The van der Waals surface area contributed by atoms with E-state index in [0.717, 1.165) is 67.2 Å². The average Bonchev–Trinajstić information content (AvgIpc) is 3.64. The van der Waals surface area contributed by atoms with Gasteiger partial charge in [-0.25, -0.2) is 4.79 Å². The molecule has 2 aliphatic heterocycles. The Kier molecular flexibility index (Phi) is 16.2. The smallest absolute Gasteiger partial charge is 0.490 e. The number of likely N-dealkylation sites (tertiary alicyclic amines) is 1. The van der Waals surface area contributed by atoms with Gasteiger partial charge in [0.25, 0.3) is 5.91 Å². The number of halogens is 3. The Hall–Kier alpha value is -7.21. The number of phenolic OH excluding ortho intramolecular Hbond substituents is 1. The number of aromatic nitrogens is 1. The summed E-state index contributed by atoms with van der Waals surface area (Å²) in [7, 11) is 0. The van der Waals surface area contributed by atoms with Crippen LogP contribution in [0, 0.1) is 5.92 Å². The molecular formula is C48H52F3N7O8. The lowest BCUT2D eigenvalue weighted by Gasteiger charge is -2.33. The number of aliphatic carboxylic acids is 1. The highest BCUT2D eigenvalue weighted by Gasteiger charge is 2.38. The highest BCUT2D eigenvalue weighted by molar-refractivity contribution is 6.18. The first-order valence-electron chi connectivity index (χ1n) is 21.6. The summed E-state index contributed by atoms with van der Waals surface area (Å²) in [5.74, 6) is -3.63. The number of alkyl halides is 3. The summed E-state index contributed by atoms with van der Waals surface area (Å²) in [4.78, 5) is 82.4. The summed E-state index contributed by atoms with van der Waals surface area (Å²) in [5.41, 5.74) is 4.84. The molecule has 5 aromatic rings. The zero-order valence-corrected chi connectivity index (χ0v) is 36.2. The second-order valence-electron chi connectivity index (χ2n) is 16.3. The van der Waals surface area contributed by atoms with Crippen LogP contribution in [0.15, 0.2) is 103 Å². The maximum atomic E-state index is 13.9. The number of carbonyl (C=O) groups is 6. The van der Waals surface area contributed by atoms with Crippen LogP contribution in [0.25, 0.3) is 10.9 Å². The minimum atomic E-state index is -5.08. The lowest BCUT2D eigenvalue weighted by atomic mass is 9.91. The summed E-state index contributed by atoms with van der Waals surface area (Å²) in [5, 5.41) is 29.5. The van der Waals surface area contributed by atoms with Gasteiger partial charge in [0.2, 0.25) is 23.6 Å². The van der Waals surface area contributed by atoms with E-state index in [1.807, 2.05) is 66.9 Å². The van der Waals surface area contributed by atoms with Crippen molar-refractivity contribution in [2.45, 2.75) is 70.1 Å². The van der Waals surface area contributed by atoms with Crippen molar-refractivity contribution in [2.75, 3.05) is 36.4 Å². The van der Waals surface area contributed by atoms with Gasteiger partial charge in [0.15, 0.2) is 0 Å². The van der Waals surface area contributed by atoms with Crippen LogP contribution in [0.4, 0.5) is 30.2 Å². The summed E-state index contributed by atoms with van der Waals surface area (Å²) < 4.78 is 31.7. The van der Waals surface area contributed by atoms with Crippen LogP contribution in [0.2, 0.25) is 0 Å². The van der Waals surface area contributed by atoms with Gasteiger partial charge in [0, 0.05) is 43.4 Å². The Bertz CT molecular complexity index is 2520. The van der Waals surface area contributed by atoms with E-state index in [4.69, 9.17) is 9.90 Å². The van der Waals surface area contributed by atoms with E-state index in [2.05, 4.69) is 31.2 Å². The Morgan fingerprint density at radius 3 is 2.14 bits per heavy atom. The van der Waals surface area contributed by atoms with Crippen molar-refractivity contribution < 1.29 is 52.2 Å². The molecule has 0 bridgehead atoms. The number of aromatic amines is 1. The first-order chi connectivity index (χ1) is 31.6. The number of unbranched alkanes of at least 4 members (excludes halogenated alkanes) is 1. The average molecular weight is 912 g/mol. The van der Waals surface area contributed by atoms with Crippen LogP contribution >= 0.6 is 0 Å². The number of piperidine rings is 1. The molecule has 2 atom stereocenters. The molecule has 0 aliphatic carbocycles. The fourth-order valence-corrected chi connectivity index (χ4v) is 8.14. The van der Waals surface area contributed by atoms with E-state index in [1.54, 1.807) is 41.3 Å². The van der Waals surface area contributed by atoms with Crippen molar-refractivity contribution in [1.82, 2.24) is 25.8 Å². The number of anilines is 3. The van der Waals surface area contributed by atoms with Crippen molar-refractivity contribution in [3.63, 3.8) is 0 Å². The maximum Gasteiger partial charge on any atom is 0.490 e. The lowest BCUT2D eigenvalue weighted by Crippen LogP contribution is -2.55. The fraction of sp³-hybridized carbons (Fsp3) is 0.333. The van der Waals surface area contributed by atoms with Gasteiger partial charge in [-0.15, -0.1) is 0 Å². The molecule has 0 saturated carbocycles. The minimum Gasteiger partial charge on any atom is -0.508 e. The van der Waals surface area contributed by atoms with E-state index >= 15 is 0 Å². The van der Waals surface area contributed by atoms with Gasteiger partial charge in [-0.3, -0.25) is 33.8 Å². The Balaban J connectivity index is 0.000000952. The third-order valence-corrected chi connectivity index (χ3v) is 11.5. The predicted molar refractivity (Wildman–Crippen MR) is 241 cm³/mol. The van der Waals surface area contributed by atoms with Gasteiger partial charge in [0.1, 0.15) is 17.8 Å². The van der Waals surface area contributed by atoms with Gasteiger partial charge in [-0.05, 0) is 91.9 Å². The number of amides is 5. The number of benzene rings is 4.